The summed E-state index contributed by atoms with van der Waals surface area (Å²) in [7, 11) is 0. The fourth-order valence-electron chi connectivity index (χ4n) is 2.01. The lowest BCUT2D eigenvalue weighted by Gasteiger charge is -2.14. The first kappa shape index (κ1) is 17.0. The Hall–Kier alpha value is -2.34. The maximum Gasteiger partial charge on any atom is 0.335 e. The second-order valence-corrected chi connectivity index (χ2v) is 5.53. The highest BCUT2D eigenvalue weighted by molar-refractivity contribution is 9.10. The van der Waals surface area contributed by atoms with Crippen LogP contribution < -0.4 is 9.47 Å². The van der Waals surface area contributed by atoms with Crippen LogP contribution in [0.5, 0.6) is 11.5 Å². The summed E-state index contributed by atoms with van der Waals surface area (Å²) in [6.07, 6.45) is 0.730. The van der Waals surface area contributed by atoms with Crippen LogP contribution >= 0.6 is 15.9 Å². The van der Waals surface area contributed by atoms with Crippen LogP contribution in [0.2, 0.25) is 0 Å². The Morgan fingerprint density at radius 2 is 2.04 bits per heavy atom. The molecule has 0 unspecified atom stereocenters. The molecule has 0 aliphatic carbocycles. The van der Waals surface area contributed by atoms with Gasteiger partial charge in [-0.2, -0.15) is 0 Å². The van der Waals surface area contributed by atoms with Crippen LogP contribution in [0.1, 0.15) is 33.2 Å². The van der Waals surface area contributed by atoms with Gasteiger partial charge in [0, 0.05) is 5.56 Å². The molecule has 0 aliphatic rings. The number of aldehydes is 1. The molecule has 0 fully saturated rings. The fraction of sp³-hybridized carbons (Fsp3) is 0.176. The number of carboxylic acids is 1. The van der Waals surface area contributed by atoms with Crippen LogP contribution in [0.15, 0.2) is 40.9 Å². The zero-order chi connectivity index (χ0) is 16.8. The zero-order valence-corrected chi connectivity index (χ0v) is 14.0. The van der Waals surface area contributed by atoms with Crippen molar-refractivity contribution in [2.45, 2.75) is 13.5 Å². The maximum atomic E-state index is 11.0. The number of carboxylic acid groups (broad SMARTS) is 1. The summed E-state index contributed by atoms with van der Waals surface area (Å²) in [4.78, 5) is 21.9. The van der Waals surface area contributed by atoms with Crippen LogP contribution in [0, 0.1) is 0 Å². The summed E-state index contributed by atoms with van der Waals surface area (Å²) in [6.45, 7) is 2.45. The molecule has 6 heteroatoms. The molecule has 0 bridgehead atoms. The van der Waals surface area contributed by atoms with Gasteiger partial charge in [-0.3, -0.25) is 4.79 Å². The van der Waals surface area contributed by atoms with Crippen LogP contribution in [-0.2, 0) is 6.61 Å². The summed E-state index contributed by atoms with van der Waals surface area (Å²) in [5.41, 5.74) is 1.39. The van der Waals surface area contributed by atoms with Crippen molar-refractivity contribution in [3.8, 4) is 11.5 Å². The number of hydrogen-bond donors (Lipinski definition) is 1. The standard InChI is InChI=1S/C17H15BrO5/c1-2-22-15-8-12(9-19)7-14(18)16(15)23-10-11-4-3-5-13(6-11)17(20)21/h3-9H,2,10H2,1H3,(H,20,21). The second kappa shape index (κ2) is 7.78. The van der Waals surface area contributed by atoms with Crippen molar-refractivity contribution in [2.75, 3.05) is 6.61 Å². The van der Waals surface area contributed by atoms with E-state index >= 15 is 0 Å². The van der Waals surface area contributed by atoms with Gasteiger partial charge in [0.2, 0.25) is 0 Å². The van der Waals surface area contributed by atoms with Gasteiger partial charge in [-0.1, -0.05) is 12.1 Å². The Kier molecular flexibility index (Phi) is 5.76. The Bertz CT molecular complexity index is 727. The second-order valence-electron chi connectivity index (χ2n) is 4.68. The SMILES string of the molecule is CCOc1cc(C=O)cc(Br)c1OCc1cccc(C(=O)O)c1. The van der Waals surface area contributed by atoms with Crippen molar-refractivity contribution < 1.29 is 24.2 Å². The third-order valence-electron chi connectivity index (χ3n) is 3.02. The Labute approximate surface area is 142 Å². The minimum absolute atomic E-state index is 0.181. The van der Waals surface area contributed by atoms with Gasteiger partial charge in [0.05, 0.1) is 16.6 Å². The van der Waals surface area contributed by atoms with Gasteiger partial charge in [0.25, 0.3) is 0 Å². The summed E-state index contributed by atoms with van der Waals surface area (Å²) in [5, 5.41) is 9.01. The van der Waals surface area contributed by atoms with E-state index in [1.54, 1.807) is 30.3 Å². The van der Waals surface area contributed by atoms with Gasteiger partial charge >= 0.3 is 5.97 Å². The summed E-state index contributed by atoms with van der Waals surface area (Å²) in [5.74, 6) is -0.0603. The maximum absolute atomic E-state index is 11.0. The quantitative estimate of drug-likeness (QED) is 0.738. The molecule has 0 saturated heterocycles. The average molecular weight is 379 g/mol. The first-order valence-electron chi connectivity index (χ1n) is 6.91. The Morgan fingerprint density at radius 3 is 2.70 bits per heavy atom. The third-order valence-corrected chi connectivity index (χ3v) is 3.61. The molecule has 0 saturated carbocycles. The molecule has 0 radical (unpaired) electrons. The van der Waals surface area contributed by atoms with Crippen molar-refractivity contribution in [1.82, 2.24) is 0 Å². The van der Waals surface area contributed by atoms with Crippen LogP contribution in [-0.4, -0.2) is 24.0 Å². The number of carbonyl (C=O) groups excluding carboxylic acids is 1. The van der Waals surface area contributed by atoms with E-state index in [4.69, 9.17) is 14.6 Å². The summed E-state index contributed by atoms with van der Waals surface area (Å²) >= 11 is 3.36. The molecule has 1 N–H and O–H groups in total. The van der Waals surface area contributed by atoms with Gasteiger partial charge in [0.1, 0.15) is 12.9 Å². The fourth-order valence-corrected chi connectivity index (χ4v) is 2.58. The molecule has 0 aliphatic heterocycles. The summed E-state index contributed by atoms with van der Waals surface area (Å²) < 4.78 is 11.9. The molecule has 0 heterocycles. The first-order chi connectivity index (χ1) is 11.0. The van der Waals surface area contributed by atoms with Crippen LogP contribution in [0.4, 0.5) is 0 Å². The number of benzene rings is 2. The number of halogens is 1. The van der Waals surface area contributed by atoms with E-state index in [-0.39, 0.29) is 12.2 Å². The molecule has 23 heavy (non-hydrogen) atoms. The minimum Gasteiger partial charge on any atom is -0.490 e. The van der Waals surface area contributed by atoms with Crippen molar-refractivity contribution in [3.63, 3.8) is 0 Å². The van der Waals surface area contributed by atoms with E-state index in [1.165, 1.54) is 6.07 Å². The zero-order valence-electron chi connectivity index (χ0n) is 12.4. The van der Waals surface area contributed by atoms with E-state index in [0.29, 0.717) is 28.1 Å². The number of ether oxygens (including phenoxy) is 2. The first-order valence-corrected chi connectivity index (χ1v) is 7.71. The number of aromatic carboxylic acids is 1. The monoisotopic (exact) mass is 378 g/mol. The normalized spacial score (nSPS) is 10.2. The molecular weight excluding hydrogens is 364 g/mol. The Balaban J connectivity index is 2.24. The number of carbonyl (C=O) groups is 2. The van der Waals surface area contributed by atoms with Gasteiger partial charge in [-0.15, -0.1) is 0 Å². The smallest absolute Gasteiger partial charge is 0.335 e. The molecule has 0 spiro atoms. The average Bonchev–Trinajstić information content (AvgIpc) is 2.54. The molecule has 0 aromatic heterocycles. The van der Waals surface area contributed by atoms with Crippen molar-refractivity contribution in [2.24, 2.45) is 0 Å². The molecule has 2 rings (SSSR count). The van der Waals surface area contributed by atoms with E-state index < -0.39 is 5.97 Å². The largest absolute Gasteiger partial charge is 0.490 e. The van der Waals surface area contributed by atoms with Gasteiger partial charge in [0.15, 0.2) is 11.5 Å². The van der Waals surface area contributed by atoms with Crippen LogP contribution in [0.3, 0.4) is 0 Å². The third kappa shape index (κ3) is 4.32. The van der Waals surface area contributed by atoms with E-state index in [0.717, 1.165) is 11.8 Å². The van der Waals surface area contributed by atoms with Crippen molar-refractivity contribution in [3.05, 3.63) is 57.6 Å². The summed E-state index contributed by atoms with van der Waals surface area (Å²) in [6, 6.07) is 9.75. The van der Waals surface area contributed by atoms with Crippen LogP contribution in [0.25, 0.3) is 0 Å². The van der Waals surface area contributed by atoms with Gasteiger partial charge in [-0.25, -0.2) is 4.79 Å². The minimum atomic E-state index is -0.988. The van der Waals surface area contributed by atoms with E-state index in [9.17, 15) is 9.59 Å². The van der Waals surface area contributed by atoms with Crippen molar-refractivity contribution >= 4 is 28.2 Å². The number of hydrogen-bond acceptors (Lipinski definition) is 4. The molecule has 2 aromatic carbocycles. The lowest BCUT2D eigenvalue weighted by Crippen LogP contribution is -2.03. The highest BCUT2D eigenvalue weighted by Gasteiger charge is 2.13. The lowest BCUT2D eigenvalue weighted by atomic mass is 10.1. The number of rotatable bonds is 7. The lowest BCUT2D eigenvalue weighted by molar-refractivity contribution is 0.0696. The highest BCUT2D eigenvalue weighted by Crippen LogP contribution is 2.37. The predicted octanol–water partition coefficient (Wildman–Crippen LogP) is 3.94. The predicted molar refractivity (Wildman–Crippen MR) is 88.4 cm³/mol. The Morgan fingerprint density at radius 1 is 1.26 bits per heavy atom. The molecule has 120 valence electrons. The van der Waals surface area contributed by atoms with E-state index in [2.05, 4.69) is 15.9 Å². The molecule has 2 aromatic rings. The molecular formula is C17H15BrO5. The molecule has 0 atom stereocenters. The van der Waals surface area contributed by atoms with E-state index in [1.807, 2.05) is 6.92 Å². The van der Waals surface area contributed by atoms with Crippen molar-refractivity contribution in [1.29, 1.82) is 0 Å². The molecule has 0 amide bonds. The topological polar surface area (TPSA) is 72.8 Å². The highest BCUT2D eigenvalue weighted by atomic mass is 79.9. The van der Waals surface area contributed by atoms with Gasteiger partial charge in [-0.05, 0) is 52.7 Å². The van der Waals surface area contributed by atoms with Gasteiger partial charge < -0.3 is 14.6 Å². The molecule has 5 nitrogen and oxygen atoms in total.